The number of ether oxygens (including phenoxy) is 2. The third kappa shape index (κ3) is 3.40. The summed E-state index contributed by atoms with van der Waals surface area (Å²) >= 11 is 0. The zero-order valence-corrected chi connectivity index (χ0v) is 14.9. The molecule has 25 heavy (non-hydrogen) atoms. The predicted molar refractivity (Wildman–Crippen MR) is 94.9 cm³/mol. The Labute approximate surface area is 147 Å². The van der Waals surface area contributed by atoms with E-state index in [9.17, 15) is 4.79 Å². The van der Waals surface area contributed by atoms with Crippen molar-refractivity contribution in [1.29, 1.82) is 0 Å². The molecular formula is C18H24N4O3. The Morgan fingerprint density at radius 3 is 2.80 bits per heavy atom. The number of benzene rings is 1. The number of para-hydroxylation sites is 1. The molecule has 1 atom stereocenters. The Bertz CT molecular complexity index is 772. The number of aromatic nitrogens is 2. The first-order valence-corrected chi connectivity index (χ1v) is 8.32. The molecule has 1 aliphatic rings. The first-order valence-electron chi connectivity index (χ1n) is 8.32. The Hall–Kier alpha value is -2.70. The van der Waals surface area contributed by atoms with E-state index in [4.69, 9.17) is 15.2 Å². The van der Waals surface area contributed by atoms with Crippen LogP contribution >= 0.6 is 0 Å². The van der Waals surface area contributed by atoms with Crippen molar-refractivity contribution >= 4 is 11.7 Å². The van der Waals surface area contributed by atoms with Crippen molar-refractivity contribution in [3.8, 4) is 11.5 Å². The lowest BCUT2D eigenvalue weighted by Gasteiger charge is -2.19. The van der Waals surface area contributed by atoms with E-state index in [-0.39, 0.29) is 18.4 Å². The monoisotopic (exact) mass is 344 g/mol. The number of likely N-dealkylation sites (tertiary alicyclic amines) is 1. The van der Waals surface area contributed by atoms with Crippen LogP contribution in [0.1, 0.15) is 23.6 Å². The highest BCUT2D eigenvalue weighted by Crippen LogP contribution is 2.39. The van der Waals surface area contributed by atoms with Crippen LogP contribution in [0, 0.1) is 6.92 Å². The van der Waals surface area contributed by atoms with Gasteiger partial charge in [-0.1, -0.05) is 12.1 Å². The molecule has 1 aromatic heterocycles. The lowest BCUT2D eigenvalue weighted by atomic mass is 9.97. The third-order valence-corrected chi connectivity index (χ3v) is 4.63. The number of hydrogen-bond acceptors (Lipinski definition) is 5. The van der Waals surface area contributed by atoms with Crippen LogP contribution in [0.15, 0.2) is 24.3 Å². The van der Waals surface area contributed by atoms with Gasteiger partial charge in [0.15, 0.2) is 11.5 Å². The molecule has 1 amide bonds. The summed E-state index contributed by atoms with van der Waals surface area (Å²) in [6, 6.07) is 7.63. The fourth-order valence-electron chi connectivity index (χ4n) is 3.39. The third-order valence-electron chi connectivity index (χ3n) is 4.63. The Morgan fingerprint density at radius 2 is 2.16 bits per heavy atom. The van der Waals surface area contributed by atoms with Crippen LogP contribution in [0.25, 0.3) is 0 Å². The van der Waals surface area contributed by atoms with E-state index in [1.807, 2.05) is 30.0 Å². The second-order valence-electron chi connectivity index (χ2n) is 6.28. The Balaban J connectivity index is 1.71. The summed E-state index contributed by atoms with van der Waals surface area (Å²) in [5.41, 5.74) is 7.76. The van der Waals surface area contributed by atoms with Crippen LogP contribution in [0.5, 0.6) is 11.5 Å². The van der Waals surface area contributed by atoms with Crippen molar-refractivity contribution < 1.29 is 14.3 Å². The first-order chi connectivity index (χ1) is 12.0. The second kappa shape index (κ2) is 7.04. The first kappa shape index (κ1) is 17.1. The van der Waals surface area contributed by atoms with Crippen molar-refractivity contribution in [3.05, 3.63) is 35.5 Å². The van der Waals surface area contributed by atoms with Gasteiger partial charge < -0.3 is 20.1 Å². The highest BCUT2D eigenvalue weighted by molar-refractivity contribution is 5.76. The lowest BCUT2D eigenvalue weighted by molar-refractivity contribution is -0.130. The summed E-state index contributed by atoms with van der Waals surface area (Å²) in [5.74, 6) is 2.22. The van der Waals surface area contributed by atoms with E-state index >= 15 is 0 Å². The number of nitrogens with two attached hydrogens (primary N) is 1. The molecule has 1 saturated heterocycles. The molecule has 0 spiro atoms. The Kier molecular flexibility index (Phi) is 4.83. The standard InChI is InChI=1S/C18H24N4O3/c1-12-9-16(19)22(20-12)11-17(23)21-8-7-13(10-21)14-5-4-6-15(24-2)18(14)25-3/h4-6,9,13H,7-8,10-11,19H2,1-3H3/t13-/m0/s1. The van der Waals surface area contributed by atoms with Crippen LogP contribution in [0.4, 0.5) is 5.82 Å². The van der Waals surface area contributed by atoms with Crippen molar-refractivity contribution in [2.45, 2.75) is 25.8 Å². The summed E-state index contributed by atoms with van der Waals surface area (Å²) in [6.07, 6.45) is 0.892. The van der Waals surface area contributed by atoms with Crippen molar-refractivity contribution in [2.24, 2.45) is 0 Å². The topological polar surface area (TPSA) is 82.6 Å². The number of amides is 1. The fraction of sp³-hybridized carbons (Fsp3) is 0.444. The van der Waals surface area contributed by atoms with E-state index in [2.05, 4.69) is 5.10 Å². The molecule has 0 aliphatic carbocycles. The number of rotatable bonds is 5. The van der Waals surface area contributed by atoms with Gasteiger partial charge in [0, 0.05) is 30.6 Å². The Morgan fingerprint density at radius 1 is 1.36 bits per heavy atom. The molecule has 7 heteroatoms. The number of carbonyl (C=O) groups excluding carboxylic acids is 1. The van der Waals surface area contributed by atoms with Crippen LogP contribution in [-0.4, -0.2) is 47.9 Å². The highest BCUT2D eigenvalue weighted by Gasteiger charge is 2.30. The van der Waals surface area contributed by atoms with Crippen LogP contribution in [0.3, 0.4) is 0 Å². The normalized spacial score (nSPS) is 16.9. The van der Waals surface area contributed by atoms with Gasteiger partial charge in [0.25, 0.3) is 0 Å². The van der Waals surface area contributed by atoms with Gasteiger partial charge in [-0.3, -0.25) is 4.79 Å². The number of hydrogen-bond donors (Lipinski definition) is 1. The largest absolute Gasteiger partial charge is 0.493 e. The van der Waals surface area contributed by atoms with E-state index < -0.39 is 0 Å². The van der Waals surface area contributed by atoms with Crippen LogP contribution in [0.2, 0.25) is 0 Å². The van der Waals surface area contributed by atoms with Crippen molar-refractivity contribution in [3.63, 3.8) is 0 Å². The minimum absolute atomic E-state index is 0.0270. The number of methoxy groups -OCH3 is 2. The zero-order valence-electron chi connectivity index (χ0n) is 14.9. The molecule has 134 valence electrons. The van der Waals surface area contributed by atoms with Gasteiger partial charge in [0.2, 0.25) is 5.91 Å². The van der Waals surface area contributed by atoms with Gasteiger partial charge in [-0.15, -0.1) is 0 Å². The van der Waals surface area contributed by atoms with Gasteiger partial charge in [-0.2, -0.15) is 5.10 Å². The van der Waals surface area contributed by atoms with Crippen LogP contribution < -0.4 is 15.2 Å². The molecule has 1 aromatic carbocycles. The summed E-state index contributed by atoms with van der Waals surface area (Å²) in [7, 11) is 3.27. The maximum Gasteiger partial charge on any atom is 0.244 e. The van der Waals surface area contributed by atoms with E-state index in [1.165, 1.54) is 0 Å². The molecule has 0 saturated carbocycles. The van der Waals surface area contributed by atoms with Gasteiger partial charge in [-0.05, 0) is 19.4 Å². The molecule has 2 aromatic rings. The zero-order chi connectivity index (χ0) is 18.0. The minimum atomic E-state index is 0.0270. The molecule has 2 heterocycles. The average Bonchev–Trinajstić information content (AvgIpc) is 3.21. The molecule has 0 unspecified atom stereocenters. The van der Waals surface area contributed by atoms with Crippen LogP contribution in [-0.2, 0) is 11.3 Å². The number of aryl methyl sites for hydroxylation is 1. The van der Waals surface area contributed by atoms with Gasteiger partial charge in [0.05, 0.1) is 19.9 Å². The fourth-order valence-corrected chi connectivity index (χ4v) is 3.39. The van der Waals surface area contributed by atoms with Gasteiger partial charge >= 0.3 is 0 Å². The SMILES string of the molecule is COc1cccc([C@H]2CCN(C(=O)Cn3nc(C)cc3N)C2)c1OC. The highest BCUT2D eigenvalue weighted by atomic mass is 16.5. The van der Waals surface area contributed by atoms with Gasteiger partial charge in [0.1, 0.15) is 12.4 Å². The van der Waals surface area contributed by atoms with E-state index in [0.717, 1.165) is 23.4 Å². The minimum Gasteiger partial charge on any atom is -0.493 e. The molecule has 7 nitrogen and oxygen atoms in total. The molecule has 0 bridgehead atoms. The smallest absolute Gasteiger partial charge is 0.244 e. The van der Waals surface area contributed by atoms with E-state index in [1.54, 1.807) is 25.0 Å². The average molecular weight is 344 g/mol. The van der Waals surface area contributed by atoms with Crippen molar-refractivity contribution in [2.75, 3.05) is 33.0 Å². The quantitative estimate of drug-likeness (QED) is 0.894. The lowest BCUT2D eigenvalue weighted by Crippen LogP contribution is -2.32. The summed E-state index contributed by atoms with van der Waals surface area (Å²) in [5, 5.41) is 4.26. The molecule has 1 aliphatic heterocycles. The number of nitrogens with zero attached hydrogens (tertiary/aromatic N) is 3. The maximum absolute atomic E-state index is 12.6. The number of anilines is 1. The summed E-state index contributed by atoms with van der Waals surface area (Å²) in [6.45, 7) is 3.40. The van der Waals surface area contributed by atoms with Crippen molar-refractivity contribution in [1.82, 2.24) is 14.7 Å². The van der Waals surface area contributed by atoms with Gasteiger partial charge in [-0.25, -0.2) is 4.68 Å². The summed E-state index contributed by atoms with van der Waals surface area (Å²) < 4.78 is 12.5. The number of carbonyl (C=O) groups is 1. The molecule has 3 rings (SSSR count). The molecular weight excluding hydrogens is 320 g/mol. The maximum atomic E-state index is 12.6. The number of nitrogen functional groups attached to an aromatic ring is 1. The molecule has 2 N–H and O–H groups in total. The molecule has 1 fully saturated rings. The summed E-state index contributed by atoms with van der Waals surface area (Å²) in [4.78, 5) is 14.4. The second-order valence-corrected chi connectivity index (χ2v) is 6.28. The van der Waals surface area contributed by atoms with E-state index in [0.29, 0.717) is 24.7 Å². The predicted octanol–water partition coefficient (Wildman–Crippen LogP) is 1.81. The molecule has 0 radical (unpaired) electrons.